The van der Waals surface area contributed by atoms with Crippen molar-refractivity contribution in [3.05, 3.63) is 70.9 Å². The van der Waals surface area contributed by atoms with Crippen molar-refractivity contribution >= 4 is 40.5 Å². The molecule has 0 spiro atoms. The summed E-state index contributed by atoms with van der Waals surface area (Å²) in [5, 5.41) is 2.68. The molecule has 0 aliphatic heterocycles. The van der Waals surface area contributed by atoms with Crippen molar-refractivity contribution in [3.63, 3.8) is 0 Å². The number of benzene rings is 2. The maximum absolute atomic E-state index is 13.2. The van der Waals surface area contributed by atoms with Gasteiger partial charge in [0, 0.05) is 5.39 Å². The Morgan fingerprint density at radius 2 is 1.80 bits per heavy atom. The molecule has 1 heterocycles. The number of allylic oxidation sites excluding steroid dienone is 1. The molecule has 0 saturated heterocycles. The lowest BCUT2D eigenvalue weighted by atomic mass is 9.86. The zero-order valence-electron chi connectivity index (χ0n) is 19.6. The van der Waals surface area contributed by atoms with Crippen LogP contribution in [0.15, 0.2) is 48.5 Å². The van der Waals surface area contributed by atoms with Gasteiger partial charge < -0.3 is 14.2 Å². The first-order valence-electron chi connectivity index (χ1n) is 11.4. The number of aromatic nitrogens is 1. The van der Waals surface area contributed by atoms with Gasteiger partial charge in [-0.05, 0) is 67.2 Å². The molecule has 3 aromatic rings. The van der Waals surface area contributed by atoms with Gasteiger partial charge in [0.1, 0.15) is 5.75 Å². The largest absolute Gasteiger partial charge is 0.497 e. The van der Waals surface area contributed by atoms with E-state index in [1.54, 1.807) is 14.0 Å². The van der Waals surface area contributed by atoms with Crippen LogP contribution in [0, 0.1) is 0 Å². The minimum Gasteiger partial charge on any atom is -0.497 e. The van der Waals surface area contributed by atoms with Crippen LogP contribution in [0.2, 0.25) is 0 Å². The minimum absolute atomic E-state index is 0.125. The van der Waals surface area contributed by atoms with Gasteiger partial charge in [-0.1, -0.05) is 30.3 Å². The molecular weight excluding hydrogens is 448 g/mol. The van der Waals surface area contributed by atoms with E-state index >= 15 is 0 Å². The average molecular weight is 475 g/mol. The van der Waals surface area contributed by atoms with E-state index in [0.29, 0.717) is 22.9 Å². The van der Waals surface area contributed by atoms with Crippen LogP contribution in [0.4, 0.5) is 4.79 Å². The fourth-order valence-electron chi connectivity index (χ4n) is 4.13. The van der Waals surface area contributed by atoms with Gasteiger partial charge in [-0.25, -0.2) is 14.6 Å². The lowest BCUT2D eigenvalue weighted by Gasteiger charge is -2.22. The van der Waals surface area contributed by atoms with Crippen LogP contribution < -0.4 is 10.1 Å². The van der Waals surface area contributed by atoms with E-state index in [4.69, 9.17) is 14.5 Å². The van der Waals surface area contributed by atoms with Gasteiger partial charge in [-0.3, -0.25) is 10.1 Å². The number of pyridine rings is 1. The normalized spacial score (nSPS) is 13.7. The summed E-state index contributed by atoms with van der Waals surface area (Å²) in [6, 6.07) is 15.1. The Morgan fingerprint density at radius 1 is 1.03 bits per heavy atom. The van der Waals surface area contributed by atoms with Crippen LogP contribution in [-0.4, -0.2) is 43.3 Å². The third kappa shape index (κ3) is 5.48. The molecule has 0 unspecified atom stereocenters. The van der Waals surface area contributed by atoms with E-state index in [2.05, 4.69) is 10.8 Å². The van der Waals surface area contributed by atoms with Gasteiger partial charge in [-0.2, -0.15) is 0 Å². The molecule has 0 atom stereocenters. The van der Waals surface area contributed by atoms with Crippen molar-refractivity contribution < 1.29 is 28.6 Å². The Labute approximate surface area is 202 Å². The standard InChI is InChI=1S/C27H26N2O6/c1-3-34-27(32)29-23(30)16-35-26(31)24-20-8-4-5-10-22(20)28-25-18(7-6-9-21(24)25)15-17-11-13-19(33-2)14-12-17/h4-5,8,10-15H,3,6-7,9,16H2,1-2H3,(H,29,30,32). The molecule has 8 heteroatoms. The summed E-state index contributed by atoms with van der Waals surface area (Å²) < 4.78 is 15.2. The smallest absolute Gasteiger partial charge is 0.413 e. The van der Waals surface area contributed by atoms with Gasteiger partial charge in [0.2, 0.25) is 0 Å². The summed E-state index contributed by atoms with van der Waals surface area (Å²) in [6.07, 6.45) is 3.52. The summed E-state index contributed by atoms with van der Waals surface area (Å²) in [5.41, 5.74) is 4.64. The van der Waals surface area contributed by atoms with Gasteiger partial charge in [0.15, 0.2) is 6.61 Å². The number of nitrogens with one attached hydrogen (secondary N) is 1. The van der Waals surface area contributed by atoms with Crippen molar-refractivity contribution in [1.29, 1.82) is 0 Å². The number of para-hydroxylation sites is 1. The number of nitrogens with zero attached hydrogens (tertiary/aromatic N) is 1. The van der Waals surface area contributed by atoms with Crippen molar-refractivity contribution in [1.82, 2.24) is 10.3 Å². The molecule has 1 aliphatic carbocycles. The second kappa shape index (κ2) is 10.8. The molecule has 0 saturated carbocycles. The Balaban J connectivity index is 1.67. The number of ether oxygens (including phenoxy) is 3. The molecule has 1 aromatic heterocycles. The summed E-state index contributed by atoms with van der Waals surface area (Å²) in [4.78, 5) is 41.5. The van der Waals surface area contributed by atoms with Gasteiger partial charge in [-0.15, -0.1) is 0 Å². The van der Waals surface area contributed by atoms with Crippen molar-refractivity contribution in [3.8, 4) is 5.75 Å². The molecular formula is C27H26N2O6. The zero-order valence-corrected chi connectivity index (χ0v) is 19.6. The molecule has 8 nitrogen and oxygen atoms in total. The predicted octanol–water partition coefficient (Wildman–Crippen LogP) is 4.55. The molecule has 180 valence electrons. The highest BCUT2D eigenvalue weighted by Crippen LogP contribution is 2.36. The van der Waals surface area contributed by atoms with E-state index in [1.165, 1.54) is 0 Å². The molecule has 1 aliphatic rings. The zero-order chi connectivity index (χ0) is 24.8. The van der Waals surface area contributed by atoms with Crippen molar-refractivity contribution in [2.45, 2.75) is 26.2 Å². The second-order valence-electron chi connectivity index (χ2n) is 7.97. The van der Waals surface area contributed by atoms with Gasteiger partial charge >= 0.3 is 12.1 Å². The average Bonchev–Trinajstić information content (AvgIpc) is 2.87. The predicted molar refractivity (Wildman–Crippen MR) is 131 cm³/mol. The highest BCUT2D eigenvalue weighted by atomic mass is 16.6. The van der Waals surface area contributed by atoms with E-state index < -0.39 is 24.6 Å². The maximum Gasteiger partial charge on any atom is 0.413 e. The first-order valence-corrected chi connectivity index (χ1v) is 11.4. The SMILES string of the molecule is CCOC(=O)NC(=O)COC(=O)c1c2c(nc3ccccc13)C(=Cc1ccc(OC)cc1)CCC2. The van der Waals surface area contributed by atoms with Crippen LogP contribution in [0.5, 0.6) is 5.75 Å². The fraction of sp³-hybridized carbons (Fsp3) is 0.259. The molecule has 4 rings (SSSR count). The Hall–Kier alpha value is -4.20. The molecule has 1 N–H and O–H groups in total. The number of esters is 1. The summed E-state index contributed by atoms with van der Waals surface area (Å²) in [6.45, 7) is 1.15. The Bertz CT molecular complexity index is 1300. The highest BCUT2D eigenvalue weighted by molar-refractivity contribution is 6.07. The number of fused-ring (bicyclic) bond motifs is 2. The third-order valence-corrected chi connectivity index (χ3v) is 5.68. The molecule has 0 fully saturated rings. The summed E-state index contributed by atoms with van der Waals surface area (Å²) in [5.74, 6) is -0.619. The number of hydrogen-bond acceptors (Lipinski definition) is 7. The fourth-order valence-corrected chi connectivity index (χ4v) is 4.13. The molecule has 2 amide bonds. The van der Waals surface area contributed by atoms with Crippen molar-refractivity contribution in [2.24, 2.45) is 0 Å². The molecule has 0 radical (unpaired) electrons. The minimum atomic E-state index is -0.881. The monoisotopic (exact) mass is 474 g/mol. The van der Waals surface area contributed by atoms with E-state index in [9.17, 15) is 14.4 Å². The summed E-state index contributed by atoms with van der Waals surface area (Å²) >= 11 is 0. The number of amides is 2. The molecule has 0 bridgehead atoms. The quantitative estimate of drug-likeness (QED) is 0.523. The van der Waals surface area contributed by atoms with Crippen LogP contribution in [0.1, 0.15) is 46.9 Å². The number of carbonyl (C=O) groups is 3. The van der Waals surface area contributed by atoms with Gasteiger partial charge in [0.25, 0.3) is 5.91 Å². The molecule has 35 heavy (non-hydrogen) atoms. The van der Waals surface area contributed by atoms with E-state index in [-0.39, 0.29) is 6.61 Å². The first-order chi connectivity index (χ1) is 17.0. The maximum atomic E-state index is 13.2. The second-order valence-corrected chi connectivity index (χ2v) is 7.97. The van der Waals surface area contributed by atoms with Crippen molar-refractivity contribution in [2.75, 3.05) is 20.3 Å². The number of carbonyl (C=O) groups excluding carboxylic acids is 3. The van der Waals surface area contributed by atoms with Crippen LogP contribution in [0.25, 0.3) is 22.6 Å². The Morgan fingerprint density at radius 3 is 2.54 bits per heavy atom. The highest BCUT2D eigenvalue weighted by Gasteiger charge is 2.26. The number of imide groups is 1. The third-order valence-electron chi connectivity index (χ3n) is 5.68. The van der Waals surface area contributed by atoms with Crippen LogP contribution in [0.3, 0.4) is 0 Å². The lowest BCUT2D eigenvalue weighted by Crippen LogP contribution is -2.34. The number of methoxy groups -OCH3 is 1. The first kappa shape index (κ1) is 23.9. The van der Waals surface area contributed by atoms with E-state index in [0.717, 1.165) is 41.0 Å². The van der Waals surface area contributed by atoms with E-state index in [1.807, 2.05) is 53.8 Å². The number of hydrogen-bond donors (Lipinski definition) is 1. The molecule has 2 aromatic carbocycles. The van der Waals surface area contributed by atoms with Crippen LogP contribution >= 0.6 is 0 Å². The number of alkyl carbamates (subject to hydrolysis) is 1. The van der Waals surface area contributed by atoms with Crippen LogP contribution in [-0.2, 0) is 20.7 Å². The number of rotatable bonds is 6. The lowest BCUT2D eigenvalue weighted by molar-refractivity contribution is -0.123. The summed E-state index contributed by atoms with van der Waals surface area (Å²) in [7, 11) is 1.63. The topological polar surface area (TPSA) is 104 Å². The van der Waals surface area contributed by atoms with Gasteiger partial charge in [0.05, 0.1) is 30.5 Å². The Kier molecular flexibility index (Phi) is 7.40.